The van der Waals surface area contributed by atoms with E-state index in [2.05, 4.69) is 0 Å². The molecular formula is C16H8Cl3NO5. The minimum Gasteiger partial charge on any atom is -0.479 e. The highest BCUT2D eigenvalue weighted by atomic mass is 35.5. The van der Waals surface area contributed by atoms with Crippen LogP contribution >= 0.6 is 34.8 Å². The number of hydroxylamine groups is 2. The van der Waals surface area contributed by atoms with Crippen LogP contribution in [-0.4, -0.2) is 29.5 Å². The first-order valence-corrected chi connectivity index (χ1v) is 7.98. The first-order valence-electron chi connectivity index (χ1n) is 6.84. The SMILES string of the molecule is O=C(COc1c(Cl)cc(Cl)cc1Cl)ON1C(=O)c2ccccc2C1=O. The van der Waals surface area contributed by atoms with E-state index in [-0.39, 0.29) is 26.9 Å². The molecule has 0 saturated heterocycles. The van der Waals surface area contributed by atoms with E-state index in [1.165, 1.54) is 24.3 Å². The van der Waals surface area contributed by atoms with Gasteiger partial charge in [0.25, 0.3) is 11.8 Å². The summed E-state index contributed by atoms with van der Waals surface area (Å²) in [6.45, 7) is -0.617. The third-order valence-corrected chi connectivity index (χ3v) is 4.03. The van der Waals surface area contributed by atoms with Gasteiger partial charge in [-0.15, -0.1) is 0 Å². The number of carbonyl (C=O) groups is 3. The fourth-order valence-corrected chi connectivity index (χ4v) is 3.10. The highest BCUT2D eigenvalue weighted by Gasteiger charge is 2.38. The molecule has 0 N–H and O–H groups in total. The van der Waals surface area contributed by atoms with Crippen molar-refractivity contribution >= 4 is 52.6 Å². The van der Waals surface area contributed by atoms with Crippen molar-refractivity contribution in [3.8, 4) is 5.75 Å². The minimum absolute atomic E-state index is 0.0343. The maximum atomic E-state index is 12.1. The van der Waals surface area contributed by atoms with Crippen molar-refractivity contribution in [2.24, 2.45) is 0 Å². The monoisotopic (exact) mass is 399 g/mol. The van der Waals surface area contributed by atoms with Gasteiger partial charge in [-0.3, -0.25) is 9.59 Å². The topological polar surface area (TPSA) is 72.9 Å². The Kier molecular flexibility index (Phi) is 4.85. The Morgan fingerprint density at radius 3 is 2.00 bits per heavy atom. The summed E-state index contributed by atoms with van der Waals surface area (Å²) >= 11 is 17.6. The van der Waals surface area contributed by atoms with Crippen LogP contribution in [0, 0.1) is 0 Å². The summed E-state index contributed by atoms with van der Waals surface area (Å²) in [6, 6.07) is 8.91. The summed E-state index contributed by atoms with van der Waals surface area (Å²) in [5, 5.41) is 0.898. The van der Waals surface area contributed by atoms with Crippen LogP contribution in [0.15, 0.2) is 36.4 Å². The fraction of sp³-hybridized carbons (Fsp3) is 0.0625. The predicted molar refractivity (Wildman–Crippen MR) is 90.0 cm³/mol. The number of fused-ring (bicyclic) bond motifs is 1. The lowest BCUT2D eigenvalue weighted by Crippen LogP contribution is -2.34. The molecule has 2 amide bonds. The number of hydrogen-bond acceptors (Lipinski definition) is 5. The normalized spacial score (nSPS) is 13.0. The van der Waals surface area contributed by atoms with Gasteiger partial charge in [0.2, 0.25) is 0 Å². The average molecular weight is 401 g/mol. The van der Waals surface area contributed by atoms with Crippen LogP contribution in [0.4, 0.5) is 0 Å². The minimum atomic E-state index is -0.975. The number of nitrogens with zero attached hydrogens (tertiary/aromatic N) is 1. The Hall–Kier alpha value is -2.28. The number of amides is 2. The molecule has 0 aliphatic carbocycles. The fourth-order valence-electron chi connectivity index (χ4n) is 2.18. The number of halogens is 3. The first-order chi connectivity index (χ1) is 11.9. The summed E-state index contributed by atoms with van der Waals surface area (Å²) < 4.78 is 5.20. The molecule has 128 valence electrons. The van der Waals surface area contributed by atoms with Crippen LogP contribution < -0.4 is 4.74 Å². The van der Waals surface area contributed by atoms with Crippen molar-refractivity contribution < 1.29 is 24.0 Å². The van der Waals surface area contributed by atoms with Crippen molar-refractivity contribution in [1.29, 1.82) is 0 Å². The quantitative estimate of drug-likeness (QED) is 0.730. The summed E-state index contributed by atoms with van der Waals surface area (Å²) in [4.78, 5) is 40.9. The van der Waals surface area contributed by atoms with Gasteiger partial charge in [-0.25, -0.2) is 4.79 Å². The van der Waals surface area contributed by atoms with E-state index < -0.39 is 24.4 Å². The van der Waals surface area contributed by atoms with Crippen molar-refractivity contribution in [3.05, 3.63) is 62.6 Å². The van der Waals surface area contributed by atoms with Crippen LogP contribution in [0.2, 0.25) is 15.1 Å². The Labute approximate surface area is 156 Å². The molecule has 0 spiro atoms. The maximum absolute atomic E-state index is 12.1. The summed E-state index contributed by atoms with van der Waals surface area (Å²) in [5.41, 5.74) is 0.315. The van der Waals surface area contributed by atoms with E-state index in [1.807, 2.05) is 0 Å². The molecule has 1 aliphatic rings. The Morgan fingerprint density at radius 2 is 1.48 bits per heavy atom. The van der Waals surface area contributed by atoms with Gasteiger partial charge >= 0.3 is 5.97 Å². The number of hydrogen-bond donors (Lipinski definition) is 0. The van der Waals surface area contributed by atoms with Crippen molar-refractivity contribution in [3.63, 3.8) is 0 Å². The molecule has 0 bridgehead atoms. The molecule has 0 unspecified atom stereocenters. The Bertz CT molecular complexity index is 841. The second-order valence-corrected chi connectivity index (χ2v) is 6.15. The largest absolute Gasteiger partial charge is 0.479 e. The predicted octanol–water partition coefficient (Wildman–Crippen LogP) is 3.78. The van der Waals surface area contributed by atoms with Crippen LogP contribution in [0.3, 0.4) is 0 Å². The van der Waals surface area contributed by atoms with Gasteiger partial charge in [-0.2, -0.15) is 0 Å². The average Bonchev–Trinajstić information content (AvgIpc) is 2.79. The molecule has 0 fully saturated rings. The molecule has 25 heavy (non-hydrogen) atoms. The van der Waals surface area contributed by atoms with E-state index in [0.29, 0.717) is 10.1 Å². The van der Waals surface area contributed by atoms with Crippen molar-refractivity contribution in [1.82, 2.24) is 5.06 Å². The zero-order valence-corrected chi connectivity index (χ0v) is 14.6. The van der Waals surface area contributed by atoms with Gasteiger partial charge in [-0.05, 0) is 24.3 Å². The van der Waals surface area contributed by atoms with Crippen LogP contribution in [-0.2, 0) is 9.63 Å². The summed E-state index contributed by atoms with van der Waals surface area (Å²) in [6.07, 6.45) is 0. The molecule has 2 aromatic carbocycles. The molecular weight excluding hydrogens is 393 g/mol. The van der Waals surface area contributed by atoms with Gasteiger partial charge < -0.3 is 9.57 Å². The van der Waals surface area contributed by atoms with E-state index in [0.717, 1.165) is 0 Å². The number of carbonyl (C=O) groups excluding carboxylic acids is 3. The smallest absolute Gasteiger partial charge is 0.370 e. The molecule has 1 heterocycles. The van der Waals surface area contributed by atoms with E-state index >= 15 is 0 Å². The van der Waals surface area contributed by atoms with Crippen LogP contribution in [0.1, 0.15) is 20.7 Å². The molecule has 9 heteroatoms. The second-order valence-electron chi connectivity index (χ2n) is 4.90. The summed E-state index contributed by atoms with van der Waals surface area (Å²) in [7, 11) is 0. The third kappa shape index (κ3) is 3.42. The Morgan fingerprint density at radius 1 is 0.960 bits per heavy atom. The zero-order valence-electron chi connectivity index (χ0n) is 12.3. The lowest BCUT2D eigenvalue weighted by molar-refractivity contribution is -0.170. The first kappa shape index (κ1) is 17.5. The van der Waals surface area contributed by atoms with E-state index in [4.69, 9.17) is 44.4 Å². The number of benzene rings is 2. The highest BCUT2D eigenvalue weighted by Crippen LogP contribution is 2.35. The highest BCUT2D eigenvalue weighted by molar-refractivity contribution is 6.40. The number of rotatable bonds is 4. The van der Waals surface area contributed by atoms with E-state index in [9.17, 15) is 14.4 Å². The van der Waals surface area contributed by atoms with Crippen LogP contribution in [0.25, 0.3) is 0 Å². The molecule has 3 rings (SSSR count). The van der Waals surface area contributed by atoms with Gasteiger partial charge in [0.1, 0.15) is 0 Å². The summed E-state index contributed by atoms with van der Waals surface area (Å²) in [5.74, 6) is -2.39. The van der Waals surface area contributed by atoms with Gasteiger partial charge in [0.05, 0.1) is 21.2 Å². The molecule has 0 saturated carbocycles. The molecule has 0 aromatic heterocycles. The Balaban J connectivity index is 1.67. The van der Waals surface area contributed by atoms with Crippen molar-refractivity contribution in [2.45, 2.75) is 0 Å². The molecule has 2 aromatic rings. The van der Waals surface area contributed by atoms with Crippen molar-refractivity contribution in [2.75, 3.05) is 6.61 Å². The van der Waals surface area contributed by atoms with E-state index in [1.54, 1.807) is 12.1 Å². The number of ether oxygens (including phenoxy) is 1. The van der Waals surface area contributed by atoms with Gasteiger partial charge in [-0.1, -0.05) is 52.0 Å². The lowest BCUT2D eigenvalue weighted by atomic mass is 10.1. The van der Waals surface area contributed by atoms with Gasteiger partial charge in [0.15, 0.2) is 12.4 Å². The second kappa shape index (κ2) is 6.92. The number of imide groups is 1. The molecule has 0 atom stereocenters. The molecule has 0 radical (unpaired) electrons. The zero-order chi connectivity index (χ0) is 18.1. The lowest BCUT2D eigenvalue weighted by Gasteiger charge is -2.14. The standard InChI is InChI=1S/C16H8Cl3NO5/c17-8-5-11(18)14(12(19)6-8)24-7-13(21)25-20-15(22)9-3-1-2-4-10(9)16(20)23/h1-6H,7H2. The molecule has 1 aliphatic heterocycles. The molecule has 6 nitrogen and oxygen atoms in total. The maximum Gasteiger partial charge on any atom is 0.370 e. The van der Waals surface area contributed by atoms with Gasteiger partial charge in [0, 0.05) is 5.02 Å². The van der Waals surface area contributed by atoms with Crippen LogP contribution in [0.5, 0.6) is 5.75 Å². The third-order valence-electron chi connectivity index (χ3n) is 3.25.